The summed E-state index contributed by atoms with van der Waals surface area (Å²) in [5.41, 5.74) is 2.60. The van der Waals surface area contributed by atoms with Crippen molar-refractivity contribution in [1.29, 1.82) is 0 Å². The maximum atomic E-state index is 12.5. The number of aromatic nitrogens is 1. The Morgan fingerprint density at radius 1 is 0.967 bits per heavy atom. The number of carbonyl (C=O) groups excluding carboxylic acids is 1. The van der Waals surface area contributed by atoms with Gasteiger partial charge in [0.15, 0.2) is 0 Å². The maximum absolute atomic E-state index is 12.5. The van der Waals surface area contributed by atoms with E-state index < -0.39 is 0 Å². The lowest BCUT2D eigenvalue weighted by Gasteiger charge is -2.35. The van der Waals surface area contributed by atoms with E-state index in [-0.39, 0.29) is 5.91 Å². The van der Waals surface area contributed by atoms with Crippen LogP contribution < -0.4 is 15.0 Å². The Labute approximate surface area is 177 Å². The van der Waals surface area contributed by atoms with Gasteiger partial charge in [0.05, 0.1) is 7.11 Å². The first-order valence-corrected chi connectivity index (χ1v) is 10.1. The van der Waals surface area contributed by atoms with E-state index in [0.29, 0.717) is 5.56 Å². The summed E-state index contributed by atoms with van der Waals surface area (Å²) in [6, 6.07) is 21.2. The standard InChI is InChI=1S/C24H26N4O2/c1-30-22-11-9-21(10-12-22)26-24(29)20-7-5-19(6-8-20)18-27-14-16-28(17-15-27)23-4-2-3-13-25-23/h2-13H,14-18H2,1H3,(H,26,29). The van der Waals surface area contributed by atoms with Crippen molar-refractivity contribution in [2.45, 2.75) is 6.54 Å². The highest BCUT2D eigenvalue weighted by atomic mass is 16.5. The maximum Gasteiger partial charge on any atom is 0.255 e. The Bertz CT molecular complexity index is 951. The predicted octanol–water partition coefficient (Wildman–Crippen LogP) is 3.66. The van der Waals surface area contributed by atoms with Crippen molar-refractivity contribution in [2.24, 2.45) is 0 Å². The monoisotopic (exact) mass is 402 g/mol. The minimum atomic E-state index is -0.115. The van der Waals surface area contributed by atoms with Gasteiger partial charge in [0.1, 0.15) is 11.6 Å². The molecule has 4 rings (SSSR count). The minimum Gasteiger partial charge on any atom is -0.497 e. The van der Waals surface area contributed by atoms with E-state index in [1.54, 1.807) is 7.11 Å². The van der Waals surface area contributed by atoms with Crippen molar-refractivity contribution in [3.63, 3.8) is 0 Å². The highest BCUT2D eigenvalue weighted by Gasteiger charge is 2.18. The molecule has 0 aliphatic carbocycles. The Kier molecular flexibility index (Phi) is 6.25. The van der Waals surface area contributed by atoms with Crippen molar-refractivity contribution in [2.75, 3.05) is 43.5 Å². The average Bonchev–Trinajstić information content (AvgIpc) is 2.81. The van der Waals surface area contributed by atoms with E-state index in [1.807, 2.05) is 66.9 Å². The molecule has 0 spiro atoms. The average molecular weight is 402 g/mol. The molecule has 0 bridgehead atoms. The summed E-state index contributed by atoms with van der Waals surface area (Å²) in [6.07, 6.45) is 1.84. The number of piperazine rings is 1. The van der Waals surface area contributed by atoms with Gasteiger partial charge < -0.3 is 15.0 Å². The molecule has 3 aromatic rings. The molecule has 1 N–H and O–H groups in total. The Hall–Kier alpha value is -3.38. The second kappa shape index (κ2) is 9.41. The smallest absolute Gasteiger partial charge is 0.255 e. The van der Waals surface area contributed by atoms with Gasteiger partial charge in [0.2, 0.25) is 0 Å². The van der Waals surface area contributed by atoms with E-state index in [1.165, 1.54) is 5.56 Å². The van der Waals surface area contributed by atoms with Crippen LogP contribution in [0.3, 0.4) is 0 Å². The molecule has 0 atom stereocenters. The van der Waals surface area contributed by atoms with Crippen LogP contribution >= 0.6 is 0 Å². The first-order chi connectivity index (χ1) is 14.7. The summed E-state index contributed by atoms with van der Waals surface area (Å²) in [5, 5.41) is 2.91. The Morgan fingerprint density at radius 3 is 2.33 bits per heavy atom. The molecule has 1 saturated heterocycles. The SMILES string of the molecule is COc1ccc(NC(=O)c2ccc(CN3CCN(c4ccccn4)CC3)cc2)cc1. The number of ether oxygens (including phenoxy) is 1. The third-order valence-electron chi connectivity index (χ3n) is 5.32. The molecule has 1 amide bonds. The van der Waals surface area contributed by atoms with Crippen LogP contribution in [0.25, 0.3) is 0 Å². The number of amides is 1. The van der Waals surface area contributed by atoms with Gasteiger partial charge in [-0.05, 0) is 54.1 Å². The van der Waals surface area contributed by atoms with Gasteiger partial charge in [0.25, 0.3) is 5.91 Å². The van der Waals surface area contributed by atoms with Crippen molar-refractivity contribution >= 4 is 17.4 Å². The third kappa shape index (κ3) is 4.96. The topological polar surface area (TPSA) is 57.7 Å². The zero-order chi connectivity index (χ0) is 20.8. The van der Waals surface area contributed by atoms with Gasteiger partial charge >= 0.3 is 0 Å². The Balaban J connectivity index is 1.29. The highest BCUT2D eigenvalue weighted by Crippen LogP contribution is 2.17. The van der Waals surface area contributed by atoms with E-state index >= 15 is 0 Å². The molecule has 1 fully saturated rings. The summed E-state index contributed by atoms with van der Waals surface area (Å²) in [4.78, 5) is 21.7. The first-order valence-electron chi connectivity index (χ1n) is 10.1. The zero-order valence-corrected chi connectivity index (χ0v) is 17.1. The van der Waals surface area contributed by atoms with E-state index in [2.05, 4.69) is 26.2 Å². The molecular weight excluding hydrogens is 376 g/mol. The summed E-state index contributed by atoms with van der Waals surface area (Å²) in [6.45, 7) is 4.82. The van der Waals surface area contributed by atoms with E-state index in [9.17, 15) is 4.79 Å². The summed E-state index contributed by atoms with van der Waals surface area (Å²) in [5.74, 6) is 1.69. The first kappa shape index (κ1) is 19.9. The normalized spacial score (nSPS) is 14.4. The number of anilines is 2. The number of hydrogen-bond donors (Lipinski definition) is 1. The lowest BCUT2D eigenvalue weighted by molar-refractivity contribution is 0.102. The molecule has 30 heavy (non-hydrogen) atoms. The van der Waals surface area contributed by atoms with Gasteiger partial charge in [0, 0.05) is 50.2 Å². The van der Waals surface area contributed by atoms with Crippen molar-refractivity contribution < 1.29 is 9.53 Å². The quantitative estimate of drug-likeness (QED) is 0.682. The minimum absolute atomic E-state index is 0.115. The summed E-state index contributed by atoms with van der Waals surface area (Å²) >= 11 is 0. The molecule has 1 aliphatic heterocycles. The molecule has 6 nitrogen and oxygen atoms in total. The zero-order valence-electron chi connectivity index (χ0n) is 17.1. The van der Waals surface area contributed by atoms with Crippen LogP contribution in [-0.2, 0) is 6.54 Å². The molecule has 2 aromatic carbocycles. The molecule has 0 radical (unpaired) electrons. The fourth-order valence-electron chi connectivity index (χ4n) is 3.57. The summed E-state index contributed by atoms with van der Waals surface area (Å²) in [7, 11) is 1.62. The van der Waals surface area contributed by atoms with Crippen molar-refractivity contribution in [3.05, 3.63) is 84.1 Å². The van der Waals surface area contributed by atoms with Crippen LogP contribution in [-0.4, -0.2) is 49.1 Å². The van der Waals surface area contributed by atoms with Gasteiger partial charge in [-0.1, -0.05) is 18.2 Å². The number of hydrogen-bond acceptors (Lipinski definition) is 5. The molecule has 1 aliphatic rings. The number of rotatable bonds is 6. The highest BCUT2D eigenvalue weighted by molar-refractivity contribution is 6.04. The van der Waals surface area contributed by atoms with Gasteiger partial charge in [-0.2, -0.15) is 0 Å². The van der Waals surface area contributed by atoms with Gasteiger partial charge in [-0.25, -0.2) is 4.98 Å². The largest absolute Gasteiger partial charge is 0.497 e. The van der Waals surface area contributed by atoms with Crippen molar-refractivity contribution in [1.82, 2.24) is 9.88 Å². The lowest BCUT2D eigenvalue weighted by atomic mass is 10.1. The third-order valence-corrected chi connectivity index (χ3v) is 5.32. The molecule has 0 unspecified atom stereocenters. The van der Waals surface area contributed by atoms with Crippen LogP contribution in [0.1, 0.15) is 15.9 Å². The van der Waals surface area contributed by atoms with E-state index in [0.717, 1.165) is 50.0 Å². The van der Waals surface area contributed by atoms with E-state index in [4.69, 9.17) is 4.74 Å². The Morgan fingerprint density at radius 2 is 1.70 bits per heavy atom. The van der Waals surface area contributed by atoms with Crippen LogP contribution in [0.4, 0.5) is 11.5 Å². The summed E-state index contributed by atoms with van der Waals surface area (Å²) < 4.78 is 5.14. The molecule has 154 valence electrons. The number of nitrogens with one attached hydrogen (secondary N) is 1. The van der Waals surface area contributed by atoms with Crippen molar-refractivity contribution in [3.8, 4) is 5.75 Å². The molecule has 0 saturated carbocycles. The number of carbonyl (C=O) groups is 1. The lowest BCUT2D eigenvalue weighted by Crippen LogP contribution is -2.46. The fourth-order valence-corrected chi connectivity index (χ4v) is 3.57. The fraction of sp³-hybridized carbons (Fsp3) is 0.250. The van der Waals surface area contributed by atoms with Crippen LogP contribution in [0, 0.1) is 0 Å². The predicted molar refractivity (Wildman–Crippen MR) is 119 cm³/mol. The number of benzene rings is 2. The molecular formula is C24H26N4O2. The van der Waals surface area contributed by atoms with Crippen LogP contribution in [0.5, 0.6) is 5.75 Å². The number of methoxy groups -OCH3 is 1. The van der Waals surface area contributed by atoms with Crippen LogP contribution in [0.15, 0.2) is 72.9 Å². The second-order valence-corrected chi connectivity index (χ2v) is 7.33. The number of pyridine rings is 1. The molecule has 1 aromatic heterocycles. The second-order valence-electron chi connectivity index (χ2n) is 7.33. The van der Waals surface area contributed by atoms with Crippen LogP contribution in [0.2, 0.25) is 0 Å². The van der Waals surface area contributed by atoms with Gasteiger partial charge in [-0.3, -0.25) is 9.69 Å². The van der Waals surface area contributed by atoms with Gasteiger partial charge in [-0.15, -0.1) is 0 Å². The molecule has 2 heterocycles. The number of nitrogens with zero attached hydrogens (tertiary/aromatic N) is 3. The molecule has 6 heteroatoms.